The molecule has 1 amide bonds. The molecule has 5 nitrogen and oxygen atoms in total. The molecule has 0 saturated carbocycles. The van der Waals surface area contributed by atoms with Crippen LogP contribution >= 0.6 is 0 Å². The minimum Gasteiger partial charge on any atom is -0.495 e. The molecule has 1 heterocycles. The van der Waals surface area contributed by atoms with Gasteiger partial charge in [-0.05, 0) is 26.1 Å². The van der Waals surface area contributed by atoms with Crippen molar-refractivity contribution < 1.29 is 9.53 Å². The second kappa shape index (κ2) is 6.72. The van der Waals surface area contributed by atoms with E-state index in [1.54, 1.807) is 7.11 Å². The van der Waals surface area contributed by atoms with Gasteiger partial charge in [-0.1, -0.05) is 12.1 Å². The third kappa shape index (κ3) is 3.49. The van der Waals surface area contributed by atoms with Gasteiger partial charge in [-0.3, -0.25) is 9.69 Å². The van der Waals surface area contributed by atoms with Crippen LogP contribution in [0.15, 0.2) is 24.3 Å². The molecule has 0 aromatic heterocycles. The van der Waals surface area contributed by atoms with Crippen molar-refractivity contribution in [2.75, 3.05) is 45.7 Å². The Morgan fingerprint density at radius 3 is 2.55 bits per heavy atom. The number of hydrogen-bond acceptors (Lipinski definition) is 4. The Balaban J connectivity index is 1.97. The fourth-order valence-corrected chi connectivity index (χ4v) is 2.36. The summed E-state index contributed by atoms with van der Waals surface area (Å²) in [5, 5.41) is 2.95. The van der Waals surface area contributed by atoms with Crippen LogP contribution in [0.2, 0.25) is 0 Å². The van der Waals surface area contributed by atoms with Gasteiger partial charge in [0.15, 0.2) is 0 Å². The van der Waals surface area contributed by atoms with Crippen LogP contribution in [-0.4, -0.2) is 62.1 Å². The quantitative estimate of drug-likeness (QED) is 0.900. The number of ether oxygens (including phenoxy) is 1. The summed E-state index contributed by atoms with van der Waals surface area (Å²) in [5.41, 5.74) is 0.723. The molecule has 0 bridgehead atoms. The van der Waals surface area contributed by atoms with Crippen molar-refractivity contribution in [3.8, 4) is 5.75 Å². The molecule has 20 heavy (non-hydrogen) atoms. The molecule has 5 heteroatoms. The van der Waals surface area contributed by atoms with Crippen molar-refractivity contribution >= 4 is 11.6 Å². The first-order chi connectivity index (χ1) is 9.61. The van der Waals surface area contributed by atoms with E-state index in [1.165, 1.54) is 0 Å². The van der Waals surface area contributed by atoms with Crippen LogP contribution in [0, 0.1) is 0 Å². The van der Waals surface area contributed by atoms with E-state index < -0.39 is 0 Å². The molecule has 1 saturated heterocycles. The summed E-state index contributed by atoms with van der Waals surface area (Å²) in [7, 11) is 3.71. The summed E-state index contributed by atoms with van der Waals surface area (Å²) < 4.78 is 5.25. The van der Waals surface area contributed by atoms with Crippen LogP contribution in [-0.2, 0) is 4.79 Å². The number of hydrogen-bond donors (Lipinski definition) is 1. The van der Waals surface area contributed by atoms with Gasteiger partial charge in [-0.2, -0.15) is 0 Å². The third-order valence-electron chi connectivity index (χ3n) is 3.83. The van der Waals surface area contributed by atoms with Crippen molar-refractivity contribution in [1.82, 2.24) is 9.80 Å². The lowest BCUT2D eigenvalue weighted by molar-refractivity contribution is -0.121. The first-order valence-corrected chi connectivity index (χ1v) is 6.98. The largest absolute Gasteiger partial charge is 0.495 e. The summed E-state index contributed by atoms with van der Waals surface area (Å²) in [4.78, 5) is 16.8. The molecule has 1 atom stereocenters. The van der Waals surface area contributed by atoms with Crippen LogP contribution in [0.25, 0.3) is 0 Å². The number of nitrogens with one attached hydrogen (secondary N) is 1. The second-order valence-corrected chi connectivity index (χ2v) is 5.20. The van der Waals surface area contributed by atoms with Gasteiger partial charge in [0.2, 0.25) is 5.91 Å². The Morgan fingerprint density at radius 1 is 1.25 bits per heavy atom. The number of carbonyl (C=O) groups excluding carboxylic acids is 1. The Morgan fingerprint density at radius 2 is 1.90 bits per heavy atom. The van der Waals surface area contributed by atoms with Crippen LogP contribution in [0.4, 0.5) is 5.69 Å². The molecule has 2 rings (SSSR count). The first kappa shape index (κ1) is 14.8. The number of methoxy groups -OCH3 is 1. The highest BCUT2D eigenvalue weighted by atomic mass is 16.5. The molecule has 1 aliphatic heterocycles. The molecule has 1 fully saturated rings. The SMILES string of the molecule is COc1ccccc1NC(=O)[C@@H](C)N1CCN(C)CC1. The number of para-hydroxylation sites is 2. The van der Waals surface area contributed by atoms with Gasteiger partial charge >= 0.3 is 0 Å². The highest BCUT2D eigenvalue weighted by Gasteiger charge is 2.24. The van der Waals surface area contributed by atoms with Crippen molar-refractivity contribution in [3.05, 3.63) is 24.3 Å². The molecule has 1 N–H and O–H groups in total. The van der Waals surface area contributed by atoms with E-state index in [-0.39, 0.29) is 11.9 Å². The number of amides is 1. The predicted molar refractivity (Wildman–Crippen MR) is 80.2 cm³/mol. The molecule has 1 aromatic carbocycles. The van der Waals surface area contributed by atoms with E-state index in [0.717, 1.165) is 31.9 Å². The fourth-order valence-electron chi connectivity index (χ4n) is 2.36. The second-order valence-electron chi connectivity index (χ2n) is 5.20. The highest BCUT2D eigenvalue weighted by molar-refractivity contribution is 5.95. The van der Waals surface area contributed by atoms with Gasteiger partial charge < -0.3 is 15.0 Å². The Hall–Kier alpha value is -1.59. The molecule has 0 aliphatic carbocycles. The average Bonchev–Trinajstić information content (AvgIpc) is 2.48. The zero-order valence-corrected chi connectivity index (χ0v) is 12.4. The van der Waals surface area contributed by atoms with E-state index in [0.29, 0.717) is 5.75 Å². The number of carbonyl (C=O) groups is 1. The van der Waals surface area contributed by atoms with Crippen molar-refractivity contribution in [2.45, 2.75) is 13.0 Å². The number of rotatable bonds is 4. The molecular formula is C15H23N3O2. The summed E-state index contributed by atoms with van der Waals surface area (Å²) in [5.74, 6) is 0.700. The van der Waals surface area contributed by atoms with Gasteiger partial charge in [-0.25, -0.2) is 0 Å². The zero-order valence-electron chi connectivity index (χ0n) is 12.4. The van der Waals surface area contributed by atoms with Gasteiger partial charge in [0.25, 0.3) is 0 Å². The molecule has 0 spiro atoms. The van der Waals surface area contributed by atoms with Crippen LogP contribution in [0.5, 0.6) is 5.75 Å². The third-order valence-corrected chi connectivity index (χ3v) is 3.83. The van der Waals surface area contributed by atoms with E-state index in [9.17, 15) is 4.79 Å². The van der Waals surface area contributed by atoms with Crippen LogP contribution in [0.3, 0.4) is 0 Å². The minimum atomic E-state index is -0.131. The van der Waals surface area contributed by atoms with Crippen LogP contribution in [0.1, 0.15) is 6.92 Å². The number of anilines is 1. The lowest BCUT2D eigenvalue weighted by Crippen LogP contribution is -2.51. The van der Waals surface area contributed by atoms with E-state index in [1.807, 2.05) is 31.2 Å². The van der Waals surface area contributed by atoms with Crippen molar-refractivity contribution in [2.24, 2.45) is 0 Å². The smallest absolute Gasteiger partial charge is 0.241 e. The van der Waals surface area contributed by atoms with Gasteiger partial charge in [-0.15, -0.1) is 0 Å². The van der Waals surface area contributed by atoms with Gasteiger partial charge in [0, 0.05) is 26.2 Å². The molecule has 0 unspecified atom stereocenters. The number of nitrogens with zero attached hydrogens (tertiary/aromatic N) is 2. The van der Waals surface area contributed by atoms with Crippen molar-refractivity contribution in [1.29, 1.82) is 0 Å². The lowest BCUT2D eigenvalue weighted by Gasteiger charge is -2.35. The number of piperazine rings is 1. The topological polar surface area (TPSA) is 44.8 Å². The molecule has 1 aromatic rings. The number of likely N-dealkylation sites (N-methyl/N-ethyl adjacent to an activating group) is 1. The fraction of sp³-hybridized carbons (Fsp3) is 0.533. The zero-order chi connectivity index (χ0) is 14.5. The summed E-state index contributed by atoms with van der Waals surface area (Å²) in [6.45, 7) is 5.82. The summed E-state index contributed by atoms with van der Waals surface area (Å²) in [6, 6.07) is 7.34. The number of benzene rings is 1. The van der Waals surface area contributed by atoms with E-state index >= 15 is 0 Å². The van der Waals surface area contributed by atoms with Gasteiger partial charge in [0.1, 0.15) is 5.75 Å². The van der Waals surface area contributed by atoms with Gasteiger partial charge in [0.05, 0.1) is 18.8 Å². The summed E-state index contributed by atoms with van der Waals surface area (Å²) >= 11 is 0. The maximum absolute atomic E-state index is 12.3. The molecule has 0 radical (unpaired) electrons. The standard InChI is InChI=1S/C15H23N3O2/c1-12(18-10-8-17(2)9-11-18)15(19)16-13-6-4-5-7-14(13)20-3/h4-7,12H,8-11H2,1-3H3,(H,16,19)/t12-/m1/s1. The minimum absolute atomic E-state index is 0.0130. The summed E-state index contributed by atoms with van der Waals surface area (Å²) in [6.07, 6.45) is 0. The van der Waals surface area contributed by atoms with Crippen molar-refractivity contribution in [3.63, 3.8) is 0 Å². The normalized spacial score (nSPS) is 18.6. The monoisotopic (exact) mass is 277 g/mol. The highest BCUT2D eigenvalue weighted by Crippen LogP contribution is 2.23. The first-order valence-electron chi connectivity index (χ1n) is 6.98. The molecular weight excluding hydrogens is 254 g/mol. The predicted octanol–water partition coefficient (Wildman–Crippen LogP) is 1.27. The maximum Gasteiger partial charge on any atom is 0.241 e. The Kier molecular flexibility index (Phi) is 4.98. The van der Waals surface area contributed by atoms with E-state index in [4.69, 9.17) is 4.74 Å². The van der Waals surface area contributed by atoms with Crippen LogP contribution < -0.4 is 10.1 Å². The Bertz CT molecular complexity index is 456. The van der Waals surface area contributed by atoms with E-state index in [2.05, 4.69) is 22.2 Å². The molecule has 110 valence electrons. The maximum atomic E-state index is 12.3. The average molecular weight is 277 g/mol. The Labute approximate surface area is 120 Å². The lowest BCUT2D eigenvalue weighted by atomic mass is 10.2. The molecule has 1 aliphatic rings.